The van der Waals surface area contributed by atoms with Gasteiger partial charge in [-0.15, -0.1) is 59.5 Å². The molecule has 10 rings (SSSR count). The number of benzene rings is 1. The van der Waals surface area contributed by atoms with Gasteiger partial charge in [0.05, 0.1) is 44.7 Å². The highest BCUT2D eigenvalue weighted by molar-refractivity contribution is 7.12. The predicted molar refractivity (Wildman–Crippen MR) is 574 cm³/mol. The SMILES string of the molecule is CC(C)(C)c1cc(C(C)(C)C)on1.CC(C)(C)c1ccc(C(C)(C)C)cc1.CC(C)(C)c1ccc(C(C)(C)C)nc1.CC(C)(C)c1ccc(C(C)(C)C)nc1.CC(C)(C)c1cn(C(C)(C)C)nn1.CC(C)(C)c1cnc(C(C)(C)C)s1.CC(C)(C)c1csc(C(C)(C)C)n1.CC(C)(C)c1nnc(C(C)(C)C)o1.CC(C)(C)c1nnc(C(C)(C)C)s1.CC(C)c1cn(C(C)(C)C)cn1. The molecule has 132 heavy (non-hydrogen) atoms. The van der Waals surface area contributed by atoms with Crippen LogP contribution in [0.3, 0.4) is 0 Å². The Hall–Kier alpha value is -6.96. The predicted octanol–water partition coefficient (Wildman–Crippen LogP) is 33.3. The second-order valence-corrected chi connectivity index (χ2v) is 58.3. The molecule has 19 heteroatoms. The Bertz CT molecular complexity index is 4060. The van der Waals surface area contributed by atoms with Crippen LogP contribution in [-0.4, -0.2) is 70.0 Å². The van der Waals surface area contributed by atoms with E-state index in [2.05, 4.69) is 540 Å². The molecule has 0 aliphatic carbocycles. The van der Waals surface area contributed by atoms with E-state index in [1.54, 1.807) is 22.7 Å². The van der Waals surface area contributed by atoms with E-state index in [0.717, 1.165) is 38.6 Å². The molecule has 746 valence electrons. The van der Waals surface area contributed by atoms with Crippen LogP contribution < -0.4 is 0 Å². The molecule has 0 saturated heterocycles. The minimum atomic E-state index is -0.0590. The molecule has 9 aromatic heterocycles. The highest BCUT2D eigenvalue weighted by Gasteiger charge is 2.32. The van der Waals surface area contributed by atoms with Gasteiger partial charge < -0.3 is 13.5 Å². The van der Waals surface area contributed by atoms with Crippen molar-refractivity contribution in [2.45, 2.75) is 518 Å². The standard InChI is InChI=1S/C14H22.2C13H21N.C11H19NO.2C11H19NS.C10H19N3.C10H18N2O.C10H18N2S.C10H18N2/c1-13(2,3)11-7-9-12(10-8-11)14(4,5)6;2*1-12(2,3)10-7-8-11(14-9-10)13(4,5)6;1-10(2,3)8-7-9(13-12-8)11(4,5)6;1-10(2,3)8-7-13-9(12-8)11(4,5)6;1-10(2,3)8-7-12-9(13-8)11(4,5)6;1-9(2,3)8-7-13(12-11-8)10(4,5)6;2*1-9(2,3)7-11-12-8(13-7)10(4,5)6;1-8(2)9-6-12(7-11-9)10(3,4)5/h7-10H,1-6H3;2*7-9H,1-6H3;4*7H,1-6H3;2*1-6H3;6-8H,1-5H3. The van der Waals surface area contributed by atoms with Gasteiger partial charge in [0.2, 0.25) is 11.8 Å². The smallest absolute Gasteiger partial charge is 0.221 e. The normalized spacial score (nSPS) is 13.2. The van der Waals surface area contributed by atoms with Crippen LogP contribution in [0.1, 0.15) is 513 Å². The third kappa shape index (κ3) is 44.0. The first-order valence-electron chi connectivity index (χ1n) is 47.9. The number of nitrogens with zero attached hydrogens (tertiary/aromatic N) is 14. The Morgan fingerprint density at radius 2 is 0.644 bits per heavy atom. The molecule has 0 N–H and O–H groups in total. The maximum absolute atomic E-state index is 5.59. The lowest BCUT2D eigenvalue weighted by Crippen LogP contribution is -2.22. The van der Waals surface area contributed by atoms with Crippen LogP contribution >= 0.6 is 34.0 Å². The number of thiazole rings is 2. The highest BCUT2D eigenvalue weighted by atomic mass is 32.1. The van der Waals surface area contributed by atoms with E-state index >= 15 is 0 Å². The number of rotatable bonds is 1. The number of hydrogen-bond acceptors (Lipinski definition) is 17. The van der Waals surface area contributed by atoms with E-state index in [9.17, 15) is 0 Å². The Morgan fingerprint density at radius 1 is 0.288 bits per heavy atom. The molecule has 0 amide bonds. The van der Waals surface area contributed by atoms with Crippen molar-refractivity contribution < 1.29 is 8.94 Å². The maximum atomic E-state index is 5.59. The fourth-order valence-electron chi connectivity index (χ4n) is 10.5. The van der Waals surface area contributed by atoms with Gasteiger partial charge in [-0.2, -0.15) is 0 Å². The van der Waals surface area contributed by atoms with Crippen molar-refractivity contribution in [1.29, 1.82) is 0 Å². The van der Waals surface area contributed by atoms with Crippen LogP contribution in [0.25, 0.3) is 0 Å². The van der Waals surface area contributed by atoms with Crippen molar-refractivity contribution in [3.63, 3.8) is 0 Å². The first-order chi connectivity index (χ1) is 58.3. The van der Waals surface area contributed by atoms with E-state index in [4.69, 9.17) is 8.94 Å². The van der Waals surface area contributed by atoms with Gasteiger partial charge in [-0.1, -0.05) is 414 Å². The summed E-state index contributed by atoms with van der Waals surface area (Å²) in [6, 6.07) is 19.7. The second kappa shape index (κ2) is 45.6. The van der Waals surface area contributed by atoms with Crippen LogP contribution in [0.5, 0.6) is 0 Å². The first kappa shape index (κ1) is 123. The summed E-state index contributed by atoms with van der Waals surface area (Å²) in [5.74, 6) is 2.89. The molecule has 0 aliphatic heterocycles. The van der Waals surface area contributed by atoms with Gasteiger partial charge in [-0.3, -0.25) is 9.97 Å². The molecule has 0 unspecified atom stereocenters. The zero-order valence-electron chi connectivity index (χ0n) is 95.6. The second-order valence-electron chi connectivity index (χ2n) is 55.4. The van der Waals surface area contributed by atoms with Crippen LogP contribution in [0.2, 0.25) is 0 Å². The van der Waals surface area contributed by atoms with Gasteiger partial charge in [0.25, 0.3) is 0 Å². The van der Waals surface area contributed by atoms with E-state index in [0.29, 0.717) is 17.7 Å². The number of pyridine rings is 2. The molecule has 0 aliphatic rings. The average Bonchev–Trinajstić information content (AvgIpc) is 1.63. The fraction of sp³-hybridized carbons (Fsp3) is 0.699. The topological polar surface area (TPSA) is 191 Å². The molecule has 0 radical (unpaired) electrons. The molecule has 16 nitrogen and oxygen atoms in total. The van der Waals surface area contributed by atoms with Crippen LogP contribution in [0.15, 0.2) is 106 Å². The molecular formula is C113H194N14O2S3. The van der Waals surface area contributed by atoms with Crippen LogP contribution in [-0.2, 0) is 103 Å². The summed E-state index contributed by atoms with van der Waals surface area (Å²) in [7, 11) is 0. The van der Waals surface area contributed by atoms with Crippen molar-refractivity contribution in [3.05, 3.63) is 196 Å². The van der Waals surface area contributed by atoms with E-state index in [-0.39, 0.29) is 103 Å². The lowest BCUT2D eigenvalue weighted by molar-refractivity contribution is 0.319. The molecule has 0 bridgehead atoms. The minimum absolute atomic E-state index is 0.0243. The third-order valence-electron chi connectivity index (χ3n) is 20.6. The van der Waals surface area contributed by atoms with Gasteiger partial charge in [0, 0.05) is 129 Å². The summed E-state index contributed by atoms with van der Waals surface area (Å²) < 4.78 is 15.0. The Balaban J connectivity index is 0.000000734. The summed E-state index contributed by atoms with van der Waals surface area (Å²) in [5, 5.41) is 35.8. The van der Waals surface area contributed by atoms with Crippen LogP contribution in [0.4, 0.5) is 0 Å². The monoisotopic (exact) mass is 1880 g/mol. The summed E-state index contributed by atoms with van der Waals surface area (Å²) in [6.45, 7) is 128. The Kier molecular flexibility index (Phi) is 42.5. The quantitative estimate of drug-likeness (QED) is 0.151. The number of aromatic nitrogens is 14. The molecule has 0 atom stereocenters. The van der Waals surface area contributed by atoms with E-state index in [1.807, 2.05) is 47.1 Å². The van der Waals surface area contributed by atoms with Crippen molar-refractivity contribution in [1.82, 2.24) is 70.0 Å². The van der Waals surface area contributed by atoms with Gasteiger partial charge in [-0.05, 0) is 109 Å². The van der Waals surface area contributed by atoms with Gasteiger partial charge in [-0.25, -0.2) is 19.6 Å². The Morgan fingerprint density at radius 3 is 0.833 bits per heavy atom. The van der Waals surface area contributed by atoms with Gasteiger partial charge >= 0.3 is 0 Å². The zero-order chi connectivity index (χ0) is 104. The molecular weight excluding hydrogens is 1680 g/mol. The largest absolute Gasteiger partial charge is 0.424 e. The average molecular weight is 1880 g/mol. The maximum Gasteiger partial charge on any atom is 0.221 e. The lowest BCUT2D eigenvalue weighted by Gasteiger charge is -2.23. The molecule has 9 heterocycles. The van der Waals surface area contributed by atoms with Crippen molar-refractivity contribution in [2.24, 2.45) is 0 Å². The third-order valence-corrected chi connectivity index (χ3v) is 25.5. The summed E-state index contributed by atoms with van der Waals surface area (Å²) in [4.78, 5) is 23.9. The molecule has 10 aromatic rings. The lowest BCUT2D eigenvalue weighted by atomic mass is 9.82. The fourth-order valence-corrected chi connectivity index (χ4v) is 13.7. The molecule has 0 spiro atoms. The first-order valence-corrected chi connectivity index (χ1v) is 50.4. The van der Waals surface area contributed by atoms with E-state index < -0.39 is 0 Å². The molecule has 0 fully saturated rings. The summed E-state index contributed by atoms with van der Waals surface area (Å²) in [6.07, 6.45) is 12.1. The van der Waals surface area contributed by atoms with Crippen molar-refractivity contribution >= 4 is 34.0 Å². The Labute approximate surface area is 821 Å². The zero-order valence-corrected chi connectivity index (χ0v) is 98.1. The molecule has 1 aromatic carbocycles. The number of imidazole rings is 1. The van der Waals surface area contributed by atoms with Gasteiger partial charge in [0.1, 0.15) is 15.8 Å². The van der Waals surface area contributed by atoms with E-state index in [1.165, 1.54) is 48.5 Å². The van der Waals surface area contributed by atoms with Gasteiger partial charge in [0.15, 0.2) is 0 Å². The van der Waals surface area contributed by atoms with Crippen molar-refractivity contribution in [2.75, 3.05) is 0 Å². The summed E-state index contributed by atoms with van der Waals surface area (Å²) >= 11 is 5.33. The molecule has 0 saturated carbocycles. The minimum Gasteiger partial charge on any atom is -0.424 e. The summed E-state index contributed by atoms with van der Waals surface area (Å²) in [5.41, 5.74) is 14.7. The number of hydrogen-bond donors (Lipinski definition) is 0. The van der Waals surface area contributed by atoms with Crippen LogP contribution in [0, 0.1) is 0 Å². The highest BCUT2D eigenvalue weighted by Crippen LogP contribution is 2.38. The van der Waals surface area contributed by atoms with Crippen molar-refractivity contribution in [3.8, 4) is 0 Å².